The Morgan fingerprint density at radius 3 is 1.79 bits per heavy atom. The summed E-state index contributed by atoms with van der Waals surface area (Å²) in [7, 11) is -2.17. The predicted molar refractivity (Wildman–Crippen MR) is 64.2 cm³/mol. The highest BCUT2D eigenvalue weighted by Crippen LogP contribution is 2.25. The first kappa shape index (κ1) is 15.2. The van der Waals surface area contributed by atoms with Gasteiger partial charge in [0.25, 0.3) is 0 Å². The lowest BCUT2D eigenvalue weighted by Gasteiger charge is -2.04. The Labute approximate surface area is 107 Å². The van der Waals surface area contributed by atoms with E-state index >= 15 is 0 Å². The second-order valence-electron chi connectivity index (χ2n) is 3.44. The fourth-order valence-electron chi connectivity index (χ4n) is 1.37. The van der Waals surface area contributed by atoms with Crippen LogP contribution in [0.25, 0.3) is 11.1 Å². The molecule has 0 unspecified atom stereocenters. The first-order valence-corrected chi connectivity index (χ1v) is 5.16. The van der Waals surface area contributed by atoms with Crippen LogP contribution in [0.1, 0.15) is 0 Å². The smallest absolute Gasteiger partial charge is 0.402 e. The van der Waals surface area contributed by atoms with E-state index in [4.69, 9.17) is 15.1 Å². The van der Waals surface area contributed by atoms with Crippen molar-refractivity contribution in [2.45, 2.75) is 0 Å². The zero-order valence-electron chi connectivity index (χ0n) is 9.59. The van der Waals surface area contributed by atoms with Gasteiger partial charge in [0.2, 0.25) is 0 Å². The van der Waals surface area contributed by atoms with Crippen LogP contribution in [0.2, 0.25) is 0 Å². The largest absolute Gasteiger partial charge is 0.631 e. The standard InChI is InChI=1S/C12H7F3.BH3O3/c13-10-7-6-9(11(14)12(10)15)8-4-2-1-3-5-8;2-1(3)4/h1-7H;2-4H. The molecule has 19 heavy (non-hydrogen) atoms. The molecule has 0 aliphatic carbocycles. The summed E-state index contributed by atoms with van der Waals surface area (Å²) in [6, 6.07) is 10.6. The maximum absolute atomic E-state index is 13.3. The number of rotatable bonds is 1. The van der Waals surface area contributed by atoms with Gasteiger partial charge in [0.05, 0.1) is 0 Å². The highest BCUT2D eigenvalue weighted by molar-refractivity contribution is 6.30. The molecule has 0 saturated carbocycles. The van der Waals surface area contributed by atoms with Gasteiger partial charge in [-0.3, -0.25) is 0 Å². The zero-order valence-corrected chi connectivity index (χ0v) is 9.59. The van der Waals surface area contributed by atoms with Gasteiger partial charge in [-0.15, -0.1) is 0 Å². The molecule has 0 amide bonds. The van der Waals surface area contributed by atoms with Crippen LogP contribution in [-0.2, 0) is 0 Å². The molecule has 2 aromatic rings. The van der Waals surface area contributed by atoms with E-state index in [2.05, 4.69) is 0 Å². The highest BCUT2D eigenvalue weighted by Gasteiger charge is 2.13. The lowest BCUT2D eigenvalue weighted by Crippen LogP contribution is -2.07. The molecule has 2 rings (SSSR count). The van der Waals surface area contributed by atoms with Crippen LogP contribution in [0.4, 0.5) is 13.2 Å². The minimum Gasteiger partial charge on any atom is -0.402 e. The number of benzene rings is 2. The van der Waals surface area contributed by atoms with E-state index in [1.165, 1.54) is 6.07 Å². The third-order valence-electron chi connectivity index (χ3n) is 2.12. The minimum atomic E-state index is -2.17. The Bertz CT molecular complexity index is 532. The first-order valence-electron chi connectivity index (χ1n) is 5.16. The Balaban J connectivity index is 0.000000399. The summed E-state index contributed by atoms with van der Waals surface area (Å²) >= 11 is 0. The highest BCUT2D eigenvalue weighted by atomic mass is 19.2. The van der Waals surface area contributed by atoms with Crippen molar-refractivity contribution in [3.63, 3.8) is 0 Å². The van der Waals surface area contributed by atoms with E-state index in [1.54, 1.807) is 30.3 Å². The quantitative estimate of drug-likeness (QED) is 0.546. The van der Waals surface area contributed by atoms with Crippen LogP contribution in [0.3, 0.4) is 0 Å². The van der Waals surface area contributed by atoms with Crippen LogP contribution in [-0.4, -0.2) is 22.4 Å². The van der Waals surface area contributed by atoms with Gasteiger partial charge in [0.1, 0.15) is 0 Å². The van der Waals surface area contributed by atoms with Crippen molar-refractivity contribution in [3.8, 4) is 11.1 Å². The van der Waals surface area contributed by atoms with E-state index in [0.717, 1.165) is 6.07 Å². The number of hydrogen-bond donors (Lipinski definition) is 3. The molecule has 0 fully saturated rings. The van der Waals surface area contributed by atoms with Crippen molar-refractivity contribution in [2.75, 3.05) is 0 Å². The van der Waals surface area contributed by atoms with Crippen molar-refractivity contribution < 1.29 is 28.2 Å². The fraction of sp³-hybridized carbons (Fsp3) is 0. The molecular weight excluding hydrogens is 260 g/mol. The normalized spacial score (nSPS) is 9.58. The maximum Gasteiger partial charge on any atom is 0.631 e. The van der Waals surface area contributed by atoms with Crippen molar-refractivity contribution in [2.24, 2.45) is 0 Å². The summed E-state index contributed by atoms with van der Waals surface area (Å²) in [6.45, 7) is 0. The van der Waals surface area contributed by atoms with E-state index in [0.29, 0.717) is 5.56 Å². The van der Waals surface area contributed by atoms with Gasteiger partial charge in [-0.05, 0) is 17.7 Å². The molecule has 0 radical (unpaired) electrons. The summed E-state index contributed by atoms with van der Waals surface area (Å²) in [5.74, 6) is -3.76. The molecule has 100 valence electrons. The van der Waals surface area contributed by atoms with Gasteiger partial charge >= 0.3 is 7.32 Å². The van der Waals surface area contributed by atoms with Crippen molar-refractivity contribution in [1.29, 1.82) is 0 Å². The molecule has 3 N–H and O–H groups in total. The molecule has 0 saturated heterocycles. The second kappa shape index (κ2) is 6.94. The molecule has 2 aromatic carbocycles. The van der Waals surface area contributed by atoms with Crippen LogP contribution < -0.4 is 0 Å². The molecule has 0 aromatic heterocycles. The van der Waals surface area contributed by atoms with E-state index < -0.39 is 24.8 Å². The lowest BCUT2D eigenvalue weighted by molar-refractivity contribution is 0.278. The average molecular weight is 270 g/mol. The van der Waals surface area contributed by atoms with Gasteiger partial charge in [0.15, 0.2) is 17.5 Å². The summed E-state index contributed by atoms with van der Waals surface area (Å²) in [4.78, 5) is 0. The average Bonchev–Trinajstić information content (AvgIpc) is 2.37. The zero-order chi connectivity index (χ0) is 14.4. The third kappa shape index (κ3) is 4.40. The van der Waals surface area contributed by atoms with E-state index in [1.807, 2.05) is 0 Å². The molecule has 0 bridgehead atoms. The van der Waals surface area contributed by atoms with Crippen molar-refractivity contribution >= 4 is 7.32 Å². The Hall–Kier alpha value is -1.83. The van der Waals surface area contributed by atoms with Gasteiger partial charge in [0, 0.05) is 5.56 Å². The van der Waals surface area contributed by atoms with E-state index in [9.17, 15) is 13.2 Å². The molecule has 0 aliphatic heterocycles. The fourth-order valence-corrected chi connectivity index (χ4v) is 1.37. The summed E-state index contributed by atoms with van der Waals surface area (Å²) < 4.78 is 38.9. The molecule has 0 atom stereocenters. The second-order valence-corrected chi connectivity index (χ2v) is 3.44. The molecular formula is C12H10BF3O3. The topological polar surface area (TPSA) is 60.7 Å². The number of halogens is 3. The van der Waals surface area contributed by atoms with Gasteiger partial charge < -0.3 is 15.1 Å². The monoisotopic (exact) mass is 270 g/mol. The van der Waals surface area contributed by atoms with Gasteiger partial charge in [-0.1, -0.05) is 30.3 Å². The van der Waals surface area contributed by atoms with Crippen molar-refractivity contribution in [1.82, 2.24) is 0 Å². The van der Waals surface area contributed by atoms with Gasteiger partial charge in [-0.2, -0.15) is 0 Å². The summed E-state index contributed by atoms with van der Waals surface area (Å²) in [5.41, 5.74) is 0.586. The first-order chi connectivity index (χ1) is 8.93. The van der Waals surface area contributed by atoms with Crippen molar-refractivity contribution in [3.05, 3.63) is 59.9 Å². The SMILES string of the molecule is Fc1ccc(-c2ccccc2)c(F)c1F.OB(O)O. The number of hydrogen-bond acceptors (Lipinski definition) is 3. The Morgan fingerprint density at radius 2 is 1.26 bits per heavy atom. The van der Waals surface area contributed by atoms with Crippen LogP contribution >= 0.6 is 0 Å². The predicted octanol–water partition coefficient (Wildman–Crippen LogP) is 1.72. The molecule has 0 spiro atoms. The minimum absolute atomic E-state index is 0.0644. The summed E-state index contributed by atoms with van der Waals surface area (Å²) in [6.07, 6.45) is 0. The maximum atomic E-state index is 13.3. The Morgan fingerprint density at radius 1 is 0.737 bits per heavy atom. The van der Waals surface area contributed by atoms with E-state index in [-0.39, 0.29) is 5.56 Å². The molecule has 3 nitrogen and oxygen atoms in total. The lowest BCUT2D eigenvalue weighted by atomic mass is 10.1. The van der Waals surface area contributed by atoms with Crippen LogP contribution in [0.5, 0.6) is 0 Å². The molecule has 0 heterocycles. The Kier molecular flexibility index (Phi) is 5.56. The van der Waals surface area contributed by atoms with Crippen LogP contribution in [0, 0.1) is 17.5 Å². The summed E-state index contributed by atoms with van der Waals surface area (Å²) in [5, 5.41) is 21.5. The van der Waals surface area contributed by atoms with Crippen LogP contribution in [0.15, 0.2) is 42.5 Å². The van der Waals surface area contributed by atoms with Gasteiger partial charge in [-0.25, -0.2) is 13.2 Å². The third-order valence-corrected chi connectivity index (χ3v) is 2.12. The molecule has 0 aliphatic rings. The molecule has 7 heteroatoms.